The first-order chi connectivity index (χ1) is 9.61. The summed E-state index contributed by atoms with van der Waals surface area (Å²) in [6, 6.07) is 15.2. The molecule has 0 fully saturated rings. The van der Waals surface area contributed by atoms with Gasteiger partial charge in [-0.3, -0.25) is 0 Å². The highest BCUT2D eigenvalue weighted by Gasteiger charge is 2.10. The predicted octanol–water partition coefficient (Wildman–Crippen LogP) is 6.62. The molecular weight excluding hydrogens is 334 g/mol. The van der Waals surface area contributed by atoms with Gasteiger partial charge in [-0.2, -0.15) is 0 Å². The maximum Gasteiger partial charge on any atom is 0.0406 e. The van der Waals surface area contributed by atoms with E-state index in [9.17, 15) is 0 Å². The van der Waals surface area contributed by atoms with Crippen LogP contribution in [0, 0.1) is 0 Å². The minimum Gasteiger partial charge on any atom is -0.126 e. The summed E-state index contributed by atoms with van der Waals surface area (Å²) in [5.41, 5.74) is 2.97. The second kappa shape index (κ2) is 7.38. The van der Waals surface area contributed by atoms with Crippen molar-refractivity contribution in [1.29, 1.82) is 0 Å². The van der Waals surface area contributed by atoms with E-state index >= 15 is 0 Å². The van der Waals surface area contributed by atoms with Crippen LogP contribution in [0.5, 0.6) is 0 Å². The summed E-state index contributed by atoms with van der Waals surface area (Å²) in [5.74, 6) is 0.476. The van der Waals surface area contributed by atoms with Crippen LogP contribution in [0.2, 0.25) is 10.0 Å². The molecule has 0 unspecified atom stereocenters. The lowest BCUT2D eigenvalue weighted by Gasteiger charge is -2.12. The molecule has 2 rings (SSSR count). The fraction of sp³-hybridized carbons (Fsp3) is 0.125. The number of hydrogen-bond donors (Lipinski definition) is 0. The molecule has 0 nitrogen and oxygen atoms in total. The molecule has 0 aromatic heterocycles. The van der Waals surface area contributed by atoms with E-state index in [1.54, 1.807) is 0 Å². The standard InChI is InChI=1S/C16H12Cl4/c17-10-9-15(20)16(11-1-5-13(18)6-2-11)12-3-7-14(19)8-4-12/h1-8H,9-10H2. The van der Waals surface area contributed by atoms with Gasteiger partial charge in [0.05, 0.1) is 0 Å². The third-order valence-electron chi connectivity index (χ3n) is 2.85. The fourth-order valence-electron chi connectivity index (χ4n) is 1.92. The summed E-state index contributed by atoms with van der Waals surface area (Å²) in [5, 5.41) is 2.11. The second-order valence-corrected chi connectivity index (χ2v) is 5.94. The zero-order chi connectivity index (χ0) is 14.5. The largest absolute Gasteiger partial charge is 0.126 e. The maximum atomic E-state index is 6.42. The lowest BCUT2D eigenvalue weighted by molar-refractivity contribution is 1.20. The molecule has 0 N–H and O–H groups in total. The van der Waals surface area contributed by atoms with Crippen molar-refractivity contribution in [2.75, 3.05) is 5.88 Å². The van der Waals surface area contributed by atoms with Crippen molar-refractivity contribution >= 4 is 52.0 Å². The van der Waals surface area contributed by atoms with Gasteiger partial charge in [0, 0.05) is 26.5 Å². The summed E-state index contributed by atoms with van der Waals surface area (Å²) < 4.78 is 0. The Bertz CT molecular complexity index is 550. The lowest BCUT2D eigenvalue weighted by atomic mass is 9.97. The topological polar surface area (TPSA) is 0 Å². The maximum absolute atomic E-state index is 6.42. The van der Waals surface area contributed by atoms with Gasteiger partial charge in [0.1, 0.15) is 0 Å². The highest BCUT2D eigenvalue weighted by Crippen LogP contribution is 2.32. The van der Waals surface area contributed by atoms with Gasteiger partial charge < -0.3 is 0 Å². The van der Waals surface area contributed by atoms with Crippen molar-refractivity contribution in [3.8, 4) is 0 Å². The van der Waals surface area contributed by atoms with Gasteiger partial charge in [-0.1, -0.05) is 59.1 Å². The SMILES string of the molecule is ClCCC(Cl)=C(c1ccc(Cl)cc1)c1ccc(Cl)cc1. The molecule has 104 valence electrons. The molecule has 2 aromatic rings. The molecule has 0 saturated carbocycles. The molecule has 0 aliphatic carbocycles. The van der Waals surface area contributed by atoms with E-state index in [0.29, 0.717) is 22.3 Å². The molecule has 0 spiro atoms. The molecule has 0 aliphatic rings. The first-order valence-corrected chi connectivity index (χ1v) is 7.75. The number of alkyl halides is 1. The summed E-state index contributed by atoms with van der Waals surface area (Å²) in [6.07, 6.45) is 0.615. The van der Waals surface area contributed by atoms with Gasteiger partial charge in [-0.15, -0.1) is 11.6 Å². The Kier molecular flexibility index (Phi) is 5.80. The third-order valence-corrected chi connectivity index (χ3v) is 3.92. The van der Waals surface area contributed by atoms with Crippen LogP contribution in [0.15, 0.2) is 53.6 Å². The number of benzene rings is 2. The Morgan fingerprint density at radius 1 is 0.750 bits per heavy atom. The summed E-state index contributed by atoms with van der Waals surface area (Å²) in [6.45, 7) is 0. The predicted molar refractivity (Wildman–Crippen MR) is 90.1 cm³/mol. The Balaban J connectivity index is 2.53. The van der Waals surface area contributed by atoms with Crippen LogP contribution in [-0.2, 0) is 0 Å². The van der Waals surface area contributed by atoms with Crippen molar-refractivity contribution < 1.29 is 0 Å². The second-order valence-electron chi connectivity index (χ2n) is 4.23. The smallest absolute Gasteiger partial charge is 0.0406 e. The van der Waals surface area contributed by atoms with Gasteiger partial charge in [0.25, 0.3) is 0 Å². The van der Waals surface area contributed by atoms with Crippen molar-refractivity contribution in [2.45, 2.75) is 6.42 Å². The number of allylic oxidation sites excluding steroid dienone is 1. The van der Waals surface area contributed by atoms with Crippen LogP contribution in [-0.4, -0.2) is 5.88 Å². The molecule has 4 heteroatoms. The zero-order valence-corrected chi connectivity index (χ0v) is 13.6. The summed E-state index contributed by atoms with van der Waals surface area (Å²) in [4.78, 5) is 0. The van der Waals surface area contributed by atoms with E-state index in [-0.39, 0.29) is 0 Å². The van der Waals surface area contributed by atoms with Gasteiger partial charge in [0.2, 0.25) is 0 Å². The van der Waals surface area contributed by atoms with E-state index in [2.05, 4.69) is 0 Å². The first-order valence-electron chi connectivity index (χ1n) is 6.08. The molecule has 0 saturated heterocycles. The van der Waals surface area contributed by atoms with Crippen molar-refractivity contribution in [1.82, 2.24) is 0 Å². The molecule has 0 aliphatic heterocycles. The molecular formula is C16H12Cl4. The van der Waals surface area contributed by atoms with Crippen LogP contribution in [0.1, 0.15) is 17.5 Å². The van der Waals surface area contributed by atoms with E-state index in [1.807, 2.05) is 48.5 Å². The molecule has 0 bridgehead atoms. The minimum atomic E-state index is 0.476. The van der Waals surface area contributed by atoms with E-state index in [0.717, 1.165) is 21.7 Å². The van der Waals surface area contributed by atoms with Crippen LogP contribution < -0.4 is 0 Å². The average Bonchev–Trinajstić information content (AvgIpc) is 2.44. The van der Waals surface area contributed by atoms with E-state index in [4.69, 9.17) is 46.4 Å². The van der Waals surface area contributed by atoms with Crippen LogP contribution in [0.25, 0.3) is 5.57 Å². The normalized spacial score (nSPS) is 10.4. The van der Waals surface area contributed by atoms with Crippen molar-refractivity contribution in [3.05, 3.63) is 74.7 Å². The van der Waals surface area contributed by atoms with E-state index in [1.165, 1.54) is 0 Å². The van der Waals surface area contributed by atoms with Gasteiger partial charge >= 0.3 is 0 Å². The molecule has 20 heavy (non-hydrogen) atoms. The highest BCUT2D eigenvalue weighted by molar-refractivity contribution is 6.34. The fourth-order valence-corrected chi connectivity index (χ4v) is 2.77. The summed E-state index contributed by atoms with van der Waals surface area (Å²) in [7, 11) is 0. The zero-order valence-electron chi connectivity index (χ0n) is 10.5. The van der Waals surface area contributed by atoms with Gasteiger partial charge in [-0.05, 0) is 41.8 Å². The van der Waals surface area contributed by atoms with Crippen molar-refractivity contribution in [3.63, 3.8) is 0 Å². The van der Waals surface area contributed by atoms with Crippen LogP contribution in [0.3, 0.4) is 0 Å². The minimum absolute atomic E-state index is 0.476. The first kappa shape index (κ1) is 15.7. The number of hydrogen-bond acceptors (Lipinski definition) is 0. The molecule has 0 heterocycles. The number of rotatable bonds is 4. The molecule has 0 amide bonds. The van der Waals surface area contributed by atoms with Gasteiger partial charge in [-0.25, -0.2) is 0 Å². The van der Waals surface area contributed by atoms with Crippen LogP contribution in [0.4, 0.5) is 0 Å². The highest BCUT2D eigenvalue weighted by atomic mass is 35.5. The number of halogens is 4. The van der Waals surface area contributed by atoms with Crippen molar-refractivity contribution in [2.24, 2.45) is 0 Å². The lowest BCUT2D eigenvalue weighted by Crippen LogP contribution is -1.92. The monoisotopic (exact) mass is 344 g/mol. The Labute approximate surface area is 138 Å². The molecule has 0 atom stereocenters. The van der Waals surface area contributed by atoms with Gasteiger partial charge in [0.15, 0.2) is 0 Å². The molecule has 0 radical (unpaired) electrons. The molecule has 2 aromatic carbocycles. The average molecular weight is 346 g/mol. The van der Waals surface area contributed by atoms with Crippen LogP contribution >= 0.6 is 46.4 Å². The Morgan fingerprint density at radius 3 is 1.50 bits per heavy atom. The Hall–Kier alpha value is -0.660. The Morgan fingerprint density at radius 2 is 1.15 bits per heavy atom. The third kappa shape index (κ3) is 3.93. The quantitative estimate of drug-likeness (QED) is 0.546. The van der Waals surface area contributed by atoms with E-state index < -0.39 is 0 Å². The summed E-state index contributed by atoms with van der Waals surface area (Å²) >= 11 is 24.1.